The van der Waals surface area contributed by atoms with Crippen LogP contribution in [0.25, 0.3) is 10.9 Å². The number of benzene rings is 1. The summed E-state index contributed by atoms with van der Waals surface area (Å²) in [4.78, 5) is 28.8. The lowest BCUT2D eigenvalue weighted by Gasteiger charge is -2.23. The quantitative estimate of drug-likeness (QED) is 0.856. The van der Waals surface area contributed by atoms with Gasteiger partial charge >= 0.3 is 0 Å². The fourth-order valence-electron chi connectivity index (χ4n) is 2.74. The molecule has 2 aromatic rings. The molecule has 0 aliphatic rings. The molecular formula is C19H27N3O2. The maximum Gasteiger partial charge on any atom is 0.222 e. The van der Waals surface area contributed by atoms with E-state index in [1.54, 1.807) is 11.8 Å². The van der Waals surface area contributed by atoms with Crippen molar-refractivity contribution in [2.24, 2.45) is 0 Å². The number of nitrogens with zero attached hydrogens (tertiary/aromatic N) is 1. The van der Waals surface area contributed by atoms with Crippen molar-refractivity contribution in [2.75, 3.05) is 13.1 Å². The first-order chi connectivity index (χ1) is 11.3. The number of hydrogen-bond donors (Lipinski definition) is 2. The second-order valence-electron chi connectivity index (χ2n) is 7.16. The van der Waals surface area contributed by atoms with Crippen LogP contribution in [0.4, 0.5) is 0 Å². The highest BCUT2D eigenvalue weighted by Gasteiger charge is 2.16. The number of carbonyl (C=O) groups excluding carboxylic acids is 2. The van der Waals surface area contributed by atoms with E-state index < -0.39 is 0 Å². The normalized spacial score (nSPS) is 11.5. The number of H-pyrrole nitrogens is 1. The van der Waals surface area contributed by atoms with Gasteiger partial charge in [-0.1, -0.05) is 18.2 Å². The van der Waals surface area contributed by atoms with Gasteiger partial charge in [0.05, 0.1) is 0 Å². The third-order valence-electron chi connectivity index (χ3n) is 3.89. The monoisotopic (exact) mass is 329 g/mol. The average molecular weight is 329 g/mol. The predicted octanol–water partition coefficient (Wildman–Crippen LogP) is 2.86. The van der Waals surface area contributed by atoms with Crippen molar-refractivity contribution >= 4 is 22.7 Å². The van der Waals surface area contributed by atoms with E-state index in [2.05, 4.69) is 16.4 Å². The van der Waals surface area contributed by atoms with Gasteiger partial charge in [-0.3, -0.25) is 9.59 Å². The smallest absolute Gasteiger partial charge is 0.222 e. The lowest BCUT2D eigenvalue weighted by atomic mass is 10.1. The Kier molecular flexibility index (Phi) is 5.65. The number of rotatable bonds is 6. The second kappa shape index (κ2) is 7.51. The summed E-state index contributed by atoms with van der Waals surface area (Å²) >= 11 is 0. The van der Waals surface area contributed by atoms with Crippen LogP contribution in [0.15, 0.2) is 30.5 Å². The molecule has 0 bridgehead atoms. The minimum Gasteiger partial charge on any atom is -0.361 e. The molecule has 2 amide bonds. The largest absolute Gasteiger partial charge is 0.361 e. The minimum atomic E-state index is -0.248. The summed E-state index contributed by atoms with van der Waals surface area (Å²) in [7, 11) is 0. The first kappa shape index (κ1) is 18.0. The van der Waals surface area contributed by atoms with Crippen molar-refractivity contribution in [1.29, 1.82) is 0 Å². The Balaban J connectivity index is 1.92. The summed E-state index contributed by atoms with van der Waals surface area (Å²) < 4.78 is 0. The molecule has 0 saturated heterocycles. The molecule has 1 aromatic heterocycles. The number of amides is 2. The third kappa shape index (κ3) is 5.11. The summed E-state index contributed by atoms with van der Waals surface area (Å²) in [6.07, 6.45) is 3.09. The molecule has 0 atom stereocenters. The van der Waals surface area contributed by atoms with Crippen LogP contribution in [0.1, 0.15) is 39.7 Å². The van der Waals surface area contributed by atoms with Gasteiger partial charge in [0.15, 0.2) is 0 Å². The Labute approximate surface area is 143 Å². The van der Waals surface area contributed by atoms with Crippen molar-refractivity contribution in [3.05, 3.63) is 36.0 Å². The summed E-state index contributed by atoms with van der Waals surface area (Å²) in [6.45, 7) is 8.45. The van der Waals surface area contributed by atoms with Crippen LogP contribution in [-0.2, 0) is 16.0 Å². The first-order valence-electron chi connectivity index (χ1n) is 8.38. The maximum absolute atomic E-state index is 11.9. The van der Waals surface area contributed by atoms with Crippen molar-refractivity contribution < 1.29 is 9.59 Å². The van der Waals surface area contributed by atoms with Gasteiger partial charge in [0, 0.05) is 49.1 Å². The van der Waals surface area contributed by atoms with E-state index >= 15 is 0 Å². The van der Waals surface area contributed by atoms with E-state index in [1.165, 1.54) is 10.9 Å². The van der Waals surface area contributed by atoms with Crippen LogP contribution in [-0.4, -0.2) is 40.3 Å². The molecule has 130 valence electrons. The van der Waals surface area contributed by atoms with E-state index in [0.717, 1.165) is 11.9 Å². The Morgan fingerprint density at radius 2 is 1.88 bits per heavy atom. The van der Waals surface area contributed by atoms with Crippen LogP contribution in [0, 0.1) is 0 Å². The Hall–Kier alpha value is -2.30. The van der Waals surface area contributed by atoms with Crippen LogP contribution in [0.5, 0.6) is 0 Å². The lowest BCUT2D eigenvalue weighted by Crippen LogP contribution is -2.42. The van der Waals surface area contributed by atoms with Gasteiger partial charge in [0.2, 0.25) is 11.8 Å². The number of carbonyl (C=O) groups is 2. The van der Waals surface area contributed by atoms with Crippen LogP contribution >= 0.6 is 0 Å². The van der Waals surface area contributed by atoms with Gasteiger partial charge in [-0.15, -0.1) is 0 Å². The predicted molar refractivity (Wildman–Crippen MR) is 96.8 cm³/mol. The summed E-state index contributed by atoms with van der Waals surface area (Å²) in [5.41, 5.74) is 2.05. The fraction of sp³-hybridized carbons (Fsp3) is 0.474. The maximum atomic E-state index is 11.9. The van der Waals surface area contributed by atoms with Gasteiger partial charge in [-0.25, -0.2) is 0 Å². The molecule has 0 unspecified atom stereocenters. The number of aromatic nitrogens is 1. The number of nitrogens with one attached hydrogen (secondary N) is 2. The molecule has 1 aromatic carbocycles. The van der Waals surface area contributed by atoms with Crippen molar-refractivity contribution in [2.45, 2.75) is 46.1 Å². The highest BCUT2D eigenvalue weighted by atomic mass is 16.2. The number of hydrogen-bond acceptors (Lipinski definition) is 2. The zero-order valence-electron chi connectivity index (χ0n) is 15.0. The topological polar surface area (TPSA) is 65.2 Å². The molecule has 5 nitrogen and oxygen atoms in total. The molecule has 0 aliphatic heterocycles. The van der Waals surface area contributed by atoms with Crippen LogP contribution in [0.2, 0.25) is 0 Å². The SMILES string of the molecule is CC(=O)N(CCC(=O)NC(C)(C)C)CCc1c[nH]c2ccccc12. The fourth-order valence-corrected chi connectivity index (χ4v) is 2.74. The van der Waals surface area contributed by atoms with Gasteiger partial charge in [0.25, 0.3) is 0 Å². The summed E-state index contributed by atoms with van der Waals surface area (Å²) in [5.74, 6) is -0.0285. The number of para-hydroxylation sites is 1. The van der Waals surface area contributed by atoms with Gasteiger partial charge in [-0.05, 0) is 38.8 Å². The number of aromatic amines is 1. The zero-order chi connectivity index (χ0) is 17.7. The highest BCUT2D eigenvalue weighted by molar-refractivity contribution is 5.83. The highest BCUT2D eigenvalue weighted by Crippen LogP contribution is 2.18. The molecule has 0 spiro atoms. The molecular weight excluding hydrogens is 302 g/mol. The van der Waals surface area contributed by atoms with E-state index in [1.807, 2.05) is 45.2 Å². The molecule has 1 heterocycles. The zero-order valence-corrected chi connectivity index (χ0v) is 15.0. The summed E-state index contributed by atoms with van der Waals surface area (Å²) in [6, 6.07) is 8.13. The molecule has 0 saturated carbocycles. The van der Waals surface area contributed by atoms with Crippen molar-refractivity contribution in [3.8, 4) is 0 Å². The van der Waals surface area contributed by atoms with Gasteiger partial charge in [-0.2, -0.15) is 0 Å². The van der Waals surface area contributed by atoms with Crippen LogP contribution in [0.3, 0.4) is 0 Å². The second-order valence-corrected chi connectivity index (χ2v) is 7.16. The molecule has 0 aliphatic carbocycles. The Morgan fingerprint density at radius 3 is 2.54 bits per heavy atom. The molecule has 24 heavy (non-hydrogen) atoms. The van der Waals surface area contributed by atoms with Crippen molar-refractivity contribution in [1.82, 2.24) is 15.2 Å². The minimum absolute atomic E-state index is 0.00148. The van der Waals surface area contributed by atoms with Crippen molar-refractivity contribution in [3.63, 3.8) is 0 Å². The molecule has 2 rings (SSSR count). The van der Waals surface area contributed by atoms with E-state index in [-0.39, 0.29) is 17.4 Å². The summed E-state index contributed by atoms with van der Waals surface area (Å²) in [5, 5.41) is 4.11. The Morgan fingerprint density at radius 1 is 1.17 bits per heavy atom. The number of fused-ring (bicyclic) bond motifs is 1. The first-order valence-corrected chi connectivity index (χ1v) is 8.38. The van der Waals surface area contributed by atoms with E-state index in [9.17, 15) is 9.59 Å². The molecule has 2 N–H and O–H groups in total. The molecule has 5 heteroatoms. The standard InChI is InChI=1S/C19H27N3O2/c1-14(23)22(12-10-18(24)21-19(2,3)4)11-9-15-13-20-17-8-6-5-7-16(15)17/h5-8,13,20H,9-12H2,1-4H3,(H,21,24). The van der Waals surface area contributed by atoms with E-state index in [0.29, 0.717) is 19.5 Å². The van der Waals surface area contributed by atoms with E-state index in [4.69, 9.17) is 0 Å². The molecule has 0 radical (unpaired) electrons. The van der Waals surface area contributed by atoms with Gasteiger partial charge < -0.3 is 15.2 Å². The Bertz CT molecular complexity index is 713. The lowest BCUT2D eigenvalue weighted by molar-refractivity contribution is -0.129. The van der Waals surface area contributed by atoms with Crippen LogP contribution < -0.4 is 5.32 Å². The van der Waals surface area contributed by atoms with Gasteiger partial charge in [0.1, 0.15) is 0 Å². The molecule has 0 fully saturated rings. The average Bonchev–Trinajstić information content (AvgIpc) is 2.88. The third-order valence-corrected chi connectivity index (χ3v) is 3.89.